The van der Waals surface area contributed by atoms with Crippen molar-refractivity contribution in [1.82, 2.24) is 10.2 Å². The molecule has 8 heteroatoms. The highest BCUT2D eigenvalue weighted by atomic mass is 16.5. The smallest absolute Gasteiger partial charge is 0.407 e. The van der Waals surface area contributed by atoms with Gasteiger partial charge in [0, 0.05) is 31.3 Å². The molecule has 2 aliphatic carbocycles. The zero-order chi connectivity index (χ0) is 24.5. The van der Waals surface area contributed by atoms with Crippen molar-refractivity contribution in [3.63, 3.8) is 0 Å². The molecule has 2 fully saturated rings. The van der Waals surface area contributed by atoms with Crippen LogP contribution in [0.5, 0.6) is 0 Å². The Balaban J connectivity index is 1.17. The average molecular weight is 479 g/mol. The van der Waals surface area contributed by atoms with Crippen molar-refractivity contribution >= 4 is 18.0 Å². The van der Waals surface area contributed by atoms with Gasteiger partial charge in [-0.2, -0.15) is 0 Å². The number of nitrogens with one attached hydrogen (secondary N) is 1. The number of carboxylic acids is 1. The number of alkyl carbamates (subject to hydrolysis) is 1. The normalized spacial score (nSPS) is 25.2. The average Bonchev–Trinajstić information content (AvgIpc) is 3.57. The summed E-state index contributed by atoms with van der Waals surface area (Å²) in [4.78, 5) is 38.5. The summed E-state index contributed by atoms with van der Waals surface area (Å²) >= 11 is 0. The number of hydrogen-bond acceptors (Lipinski definition) is 5. The third-order valence-electron chi connectivity index (χ3n) is 7.68. The van der Waals surface area contributed by atoms with E-state index in [4.69, 9.17) is 4.74 Å². The quantitative estimate of drug-likeness (QED) is 0.588. The van der Waals surface area contributed by atoms with Crippen molar-refractivity contribution in [1.29, 1.82) is 0 Å². The number of hydrogen-bond donors (Lipinski definition) is 3. The van der Waals surface area contributed by atoms with Gasteiger partial charge < -0.3 is 25.2 Å². The fraction of sp³-hybridized carbons (Fsp3) is 0.444. The fourth-order valence-electron chi connectivity index (χ4n) is 5.97. The van der Waals surface area contributed by atoms with E-state index in [1.54, 1.807) is 0 Å². The molecule has 3 N–H and O–H groups in total. The highest BCUT2D eigenvalue weighted by Gasteiger charge is 2.44. The molecule has 2 amide bonds. The Morgan fingerprint density at radius 1 is 1.00 bits per heavy atom. The summed E-state index contributed by atoms with van der Waals surface area (Å²) in [7, 11) is 0. The zero-order valence-corrected chi connectivity index (χ0v) is 19.4. The monoisotopic (exact) mass is 478 g/mol. The van der Waals surface area contributed by atoms with Crippen molar-refractivity contribution in [2.45, 2.75) is 43.7 Å². The number of nitrogens with zero attached hydrogens (tertiary/aromatic N) is 1. The van der Waals surface area contributed by atoms with Gasteiger partial charge in [-0.1, -0.05) is 55.0 Å². The topological polar surface area (TPSA) is 116 Å². The summed E-state index contributed by atoms with van der Waals surface area (Å²) < 4.78 is 5.60. The van der Waals surface area contributed by atoms with Crippen molar-refractivity contribution < 1.29 is 29.3 Å². The van der Waals surface area contributed by atoms with E-state index >= 15 is 0 Å². The van der Waals surface area contributed by atoms with Gasteiger partial charge in [-0.25, -0.2) is 9.59 Å². The van der Waals surface area contributed by atoms with Gasteiger partial charge in [-0.15, -0.1) is 0 Å². The first kappa shape index (κ1) is 23.4. The molecule has 0 spiro atoms. The van der Waals surface area contributed by atoms with E-state index in [0.717, 1.165) is 35.1 Å². The van der Waals surface area contributed by atoms with Crippen molar-refractivity contribution in [3.8, 4) is 11.1 Å². The van der Waals surface area contributed by atoms with Gasteiger partial charge in [0.1, 0.15) is 12.6 Å². The second-order valence-electron chi connectivity index (χ2n) is 9.74. The minimum atomic E-state index is -1.10. The van der Waals surface area contributed by atoms with E-state index in [1.165, 1.54) is 4.90 Å². The maximum atomic E-state index is 13.1. The number of aliphatic hydroxyl groups is 1. The van der Waals surface area contributed by atoms with Crippen molar-refractivity contribution in [3.05, 3.63) is 59.7 Å². The van der Waals surface area contributed by atoms with Gasteiger partial charge in [0.25, 0.3) is 0 Å². The molecule has 1 saturated heterocycles. The van der Waals surface area contributed by atoms with E-state index in [-0.39, 0.29) is 43.2 Å². The van der Waals surface area contributed by atoms with E-state index in [9.17, 15) is 24.6 Å². The first-order valence-corrected chi connectivity index (χ1v) is 12.2. The summed E-state index contributed by atoms with van der Waals surface area (Å²) in [5.41, 5.74) is 4.61. The van der Waals surface area contributed by atoms with E-state index < -0.39 is 24.2 Å². The number of β-amino-alcohol motifs (C(OH)–C–C–N with tert-alkyl or cyclic N) is 1. The van der Waals surface area contributed by atoms with Gasteiger partial charge in [0.05, 0.1) is 6.10 Å². The summed E-state index contributed by atoms with van der Waals surface area (Å²) in [6.07, 6.45) is 0.963. The summed E-state index contributed by atoms with van der Waals surface area (Å²) in [6, 6.07) is 15.3. The summed E-state index contributed by atoms with van der Waals surface area (Å²) in [5.74, 6) is -1.82. The Bertz CT molecular complexity index is 1090. The predicted octanol–water partition coefficient (Wildman–Crippen LogP) is 2.99. The maximum Gasteiger partial charge on any atom is 0.407 e. The molecule has 2 aromatic rings. The molecule has 0 radical (unpaired) electrons. The summed E-state index contributed by atoms with van der Waals surface area (Å²) in [6.45, 7) is 0.554. The number of amides is 2. The molecular formula is C27H30N2O6. The van der Waals surface area contributed by atoms with Crippen LogP contribution >= 0.6 is 0 Å². The number of aliphatic carboxylic acids is 1. The first-order valence-electron chi connectivity index (χ1n) is 12.2. The Labute approximate surface area is 203 Å². The van der Waals surface area contributed by atoms with E-state index in [0.29, 0.717) is 13.0 Å². The molecule has 0 unspecified atom stereocenters. The van der Waals surface area contributed by atoms with Crippen LogP contribution in [0.2, 0.25) is 0 Å². The minimum absolute atomic E-state index is 0.0245. The Morgan fingerprint density at radius 2 is 1.66 bits per heavy atom. The van der Waals surface area contributed by atoms with Crippen LogP contribution in [0.4, 0.5) is 4.79 Å². The second kappa shape index (κ2) is 9.70. The number of rotatable bonds is 6. The molecule has 3 aliphatic rings. The number of likely N-dealkylation sites (tertiary alicyclic amines) is 1. The van der Waals surface area contributed by atoms with Crippen LogP contribution in [0.25, 0.3) is 11.1 Å². The number of carbonyl (C=O) groups excluding carboxylic acids is 2. The molecule has 35 heavy (non-hydrogen) atoms. The second-order valence-corrected chi connectivity index (χ2v) is 9.74. The molecule has 8 nitrogen and oxygen atoms in total. The molecule has 1 aliphatic heterocycles. The number of benzene rings is 2. The predicted molar refractivity (Wildman–Crippen MR) is 128 cm³/mol. The molecule has 0 bridgehead atoms. The van der Waals surface area contributed by atoms with Crippen molar-refractivity contribution in [2.24, 2.45) is 11.8 Å². The van der Waals surface area contributed by atoms with Crippen LogP contribution < -0.4 is 5.32 Å². The third kappa shape index (κ3) is 4.50. The van der Waals surface area contributed by atoms with Gasteiger partial charge in [-0.3, -0.25) is 4.79 Å². The molecule has 2 aromatic carbocycles. The van der Waals surface area contributed by atoms with Gasteiger partial charge in [-0.05, 0) is 41.0 Å². The fourth-order valence-corrected chi connectivity index (χ4v) is 5.97. The molecular weight excluding hydrogens is 448 g/mol. The molecule has 5 rings (SSSR count). The molecule has 1 heterocycles. The van der Waals surface area contributed by atoms with Crippen molar-refractivity contribution in [2.75, 3.05) is 19.7 Å². The lowest BCUT2D eigenvalue weighted by Crippen LogP contribution is -2.45. The Kier molecular flexibility index (Phi) is 6.47. The Hall–Kier alpha value is -3.39. The van der Waals surface area contributed by atoms with Gasteiger partial charge in [0.15, 0.2) is 0 Å². The summed E-state index contributed by atoms with van der Waals surface area (Å²) in [5, 5.41) is 22.1. The lowest BCUT2D eigenvalue weighted by molar-refractivity contribution is -0.150. The van der Waals surface area contributed by atoms with Crippen LogP contribution in [0.3, 0.4) is 0 Å². The SMILES string of the molecule is O=C(NC[C@@H]1CCC[C@@H]1C(=O)N1C[C@H](O)C[C@@H]1C(=O)O)OCC1c2ccccc2-c2ccccc21. The van der Waals surface area contributed by atoms with Crippen LogP contribution in [0.1, 0.15) is 42.7 Å². The number of aliphatic hydroxyl groups excluding tert-OH is 1. The Morgan fingerprint density at radius 3 is 2.31 bits per heavy atom. The molecule has 4 atom stereocenters. The van der Waals surface area contributed by atoms with Crippen LogP contribution in [0, 0.1) is 11.8 Å². The van der Waals surface area contributed by atoms with Gasteiger partial charge >= 0.3 is 12.1 Å². The largest absolute Gasteiger partial charge is 0.480 e. The lowest BCUT2D eigenvalue weighted by Gasteiger charge is -2.27. The molecule has 0 aromatic heterocycles. The molecule has 184 valence electrons. The standard InChI is InChI=1S/C27H30N2O6/c30-17-12-24(26(32)33)29(14-17)25(31)18-11-5-6-16(18)13-28-27(34)35-15-23-21-9-3-1-7-19(21)20-8-2-4-10-22(20)23/h1-4,7-10,16-18,23-24,30H,5-6,11-15H2,(H,28,34)(H,32,33)/t16-,17+,18-,24+/m0/s1. The maximum absolute atomic E-state index is 13.1. The number of carbonyl (C=O) groups is 3. The number of carboxylic acid groups (broad SMARTS) is 1. The van der Waals surface area contributed by atoms with Crippen LogP contribution in [-0.4, -0.2) is 64.9 Å². The highest BCUT2D eigenvalue weighted by Crippen LogP contribution is 2.44. The zero-order valence-electron chi connectivity index (χ0n) is 19.4. The number of ether oxygens (including phenoxy) is 1. The molecule has 1 saturated carbocycles. The third-order valence-corrected chi connectivity index (χ3v) is 7.68. The van der Waals surface area contributed by atoms with E-state index in [2.05, 4.69) is 29.6 Å². The van der Waals surface area contributed by atoms with Crippen LogP contribution in [-0.2, 0) is 14.3 Å². The van der Waals surface area contributed by atoms with E-state index in [1.807, 2.05) is 24.3 Å². The minimum Gasteiger partial charge on any atom is -0.480 e. The number of fused-ring (bicyclic) bond motifs is 3. The van der Waals surface area contributed by atoms with Crippen LogP contribution in [0.15, 0.2) is 48.5 Å². The highest BCUT2D eigenvalue weighted by molar-refractivity contribution is 5.86. The lowest BCUT2D eigenvalue weighted by atomic mass is 9.94. The first-order chi connectivity index (χ1) is 16.9. The van der Waals surface area contributed by atoms with Gasteiger partial charge in [0.2, 0.25) is 5.91 Å².